The molecule has 6 unspecified atom stereocenters. The number of hydrogen-bond acceptors (Lipinski definition) is 1. The third kappa shape index (κ3) is 1.85. The molecule has 2 bridgehead atoms. The van der Waals surface area contributed by atoms with Crippen LogP contribution in [-0.2, 0) is 4.74 Å². The second-order valence-corrected chi connectivity index (χ2v) is 7.68. The molecular formula is C16H28O. The lowest BCUT2D eigenvalue weighted by Crippen LogP contribution is -2.44. The lowest BCUT2D eigenvalue weighted by molar-refractivity contribution is -0.121. The van der Waals surface area contributed by atoms with Gasteiger partial charge in [-0.1, -0.05) is 20.8 Å². The van der Waals surface area contributed by atoms with Gasteiger partial charge in [-0.05, 0) is 68.1 Å². The van der Waals surface area contributed by atoms with Crippen molar-refractivity contribution in [3.8, 4) is 0 Å². The summed E-state index contributed by atoms with van der Waals surface area (Å²) in [5.74, 6) is 3.65. The van der Waals surface area contributed by atoms with Crippen molar-refractivity contribution in [2.75, 3.05) is 0 Å². The molecule has 1 saturated heterocycles. The molecule has 17 heavy (non-hydrogen) atoms. The third-order valence-electron chi connectivity index (χ3n) is 6.07. The summed E-state index contributed by atoms with van der Waals surface area (Å²) in [4.78, 5) is 0. The van der Waals surface area contributed by atoms with Gasteiger partial charge >= 0.3 is 0 Å². The normalized spacial score (nSPS) is 52.9. The molecule has 0 spiro atoms. The minimum atomic E-state index is 0.485. The highest BCUT2D eigenvalue weighted by Crippen LogP contribution is 2.61. The molecule has 1 aliphatic heterocycles. The third-order valence-corrected chi connectivity index (χ3v) is 6.07. The molecule has 3 rings (SSSR count). The van der Waals surface area contributed by atoms with Crippen LogP contribution in [0.4, 0.5) is 0 Å². The van der Waals surface area contributed by atoms with Crippen LogP contribution in [0, 0.1) is 29.1 Å². The maximum atomic E-state index is 6.33. The lowest BCUT2D eigenvalue weighted by Gasteiger charge is -2.46. The average Bonchev–Trinajstić information content (AvgIpc) is 2.73. The van der Waals surface area contributed by atoms with Crippen LogP contribution in [0.5, 0.6) is 0 Å². The summed E-state index contributed by atoms with van der Waals surface area (Å²) in [5, 5.41) is 0. The van der Waals surface area contributed by atoms with Crippen molar-refractivity contribution in [2.24, 2.45) is 29.1 Å². The van der Waals surface area contributed by atoms with Gasteiger partial charge in [0.1, 0.15) is 0 Å². The van der Waals surface area contributed by atoms with E-state index in [4.69, 9.17) is 4.74 Å². The molecule has 1 heteroatoms. The van der Waals surface area contributed by atoms with Crippen molar-refractivity contribution in [2.45, 2.75) is 72.0 Å². The fraction of sp³-hybridized carbons (Fsp3) is 1.00. The van der Waals surface area contributed by atoms with Crippen LogP contribution < -0.4 is 0 Å². The van der Waals surface area contributed by atoms with Crippen LogP contribution in [0.2, 0.25) is 0 Å². The monoisotopic (exact) mass is 236 g/mol. The Bertz CT molecular complexity index is 286. The first-order valence-corrected chi connectivity index (χ1v) is 7.64. The Morgan fingerprint density at radius 2 is 1.76 bits per heavy atom. The van der Waals surface area contributed by atoms with Crippen LogP contribution >= 0.6 is 0 Å². The van der Waals surface area contributed by atoms with Crippen molar-refractivity contribution in [3.05, 3.63) is 0 Å². The van der Waals surface area contributed by atoms with Gasteiger partial charge in [0.25, 0.3) is 0 Å². The second kappa shape index (κ2) is 3.98. The molecule has 98 valence electrons. The van der Waals surface area contributed by atoms with Crippen molar-refractivity contribution < 1.29 is 4.74 Å². The molecule has 3 aliphatic rings. The summed E-state index contributed by atoms with van der Waals surface area (Å²) >= 11 is 0. The maximum Gasteiger partial charge on any atom is 0.0617 e. The van der Waals surface area contributed by atoms with Crippen LogP contribution in [0.1, 0.15) is 59.8 Å². The van der Waals surface area contributed by atoms with Gasteiger partial charge in [0, 0.05) is 0 Å². The minimum Gasteiger partial charge on any atom is -0.375 e. The smallest absolute Gasteiger partial charge is 0.0617 e. The Labute approximate surface area is 106 Å². The topological polar surface area (TPSA) is 9.23 Å². The number of fused-ring (bicyclic) bond motifs is 2. The van der Waals surface area contributed by atoms with E-state index in [0.29, 0.717) is 17.6 Å². The van der Waals surface area contributed by atoms with Crippen LogP contribution in [-0.4, -0.2) is 12.2 Å². The van der Waals surface area contributed by atoms with Crippen LogP contribution in [0.15, 0.2) is 0 Å². The van der Waals surface area contributed by atoms with Gasteiger partial charge in [0.2, 0.25) is 0 Å². The predicted octanol–water partition coefficient (Wildman–Crippen LogP) is 4.26. The summed E-state index contributed by atoms with van der Waals surface area (Å²) in [6.45, 7) is 9.69. The molecule has 2 saturated carbocycles. The Kier molecular flexibility index (Phi) is 2.81. The highest BCUT2D eigenvalue weighted by Gasteiger charge is 2.56. The quantitative estimate of drug-likeness (QED) is 0.661. The number of rotatable bonds is 1. The van der Waals surface area contributed by atoms with Crippen molar-refractivity contribution in [1.29, 1.82) is 0 Å². The fourth-order valence-electron chi connectivity index (χ4n) is 5.38. The molecule has 0 radical (unpaired) electrons. The van der Waals surface area contributed by atoms with Crippen molar-refractivity contribution in [3.63, 3.8) is 0 Å². The summed E-state index contributed by atoms with van der Waals surface area (Å²) in [5.41, 5.74) is 0.532. The van der Waals surface area contributed by atoms with Crippen molar-refractivity contribution >= 4 is 0 Å². The van der Waals surface area contributed by atoms with E-state index in [0.717, 1.165) is 23.7 Å². The fourth-order valence-corrected chi connectivity index (χ4v) is 5.38. The standard InChI is InChI=1S/C16H28O/c1-10-7-11(2)17-14(8-10)15-12-5-6-13(9-12)16(15,3)4/h10-15H,5-9H2,1-4H3. The van der Waals surface area contributed by atoms with Gasteiger partial charge in [-0.25, -0.2) is 0 Å². The molecule has 0 aromatic rings. The van der Waals surface area contributed by atoms with Gasteiger partial charge < -0.3 is 4.74 Å². The minimum absolute atomic E-state index is 0.485. The highest BCUT2D eigenvalue weighted by molar-refractivity contribution is 5.05. The SMILES string of the molecule is CC1CC(C)OC(C2C3CCC(C3)C2(C)C)C1. The average molecular weight is 236 g/mol. The van der Waals surface area contributed by atoms with Gasteiger partial charge in [0.15, 0.2) is 0 Å². The number of hydrogen-bond donors (Lipinski definition) is 0. The van der Waals surface area contributed by atoms with E-state index in [1.807, 2.05) is 0 Å². The number of ether oxygens (including phenoxy) is 1. The molecular weight excluding hydrogens is 208 g/mol. The van der Waals surface area contributed by atoms with Gasteiger partial charge in [-0.3, -0.25) is 0 Å². The van der Waals surface area contributed by atoms with Gasteiger partial charge in [-0.15, -0.1) is 0 Å². The second-order valence-electron chi connectivity index (χ2n) is 7.68. The lowest BCUT2D eigenvalue weighted by atomic mass is 9.65. The van der Waals surface area contributed by atoms with Crippen LogP contribution in [0.25, 0.3) is 0 Å². The summed E-state index contributed by atoms with van der Waals surface area (Å²) < 4.78 is 6.33. The summed E-state index contributed by atoms with van der Waals surface area (Å²) in [7, 11) is 0. The first kappa shape index (κ1) is 12.0. The molecule has 2 aliphatic carbocycles. The van der Waals surface area contributed by atoms with Gasteiger partial charge in [0.05, 0.1) is 12.2 Å². The molecule has 0 N–H and O–H groups in total. The highest BCUT2D eigenvalue weighted by atomic mass is 16.5. The van der Waals surface area contributed by atoms with E-state index < -0.39 is 0 Å². The van der Waals surface area contributed by atoms with E-state index >= 15 is 0 Å². The Morgan fingerprint density at radius 1 is 1.00 bits per heavy atom. The predicted molar refractivity (Wildman–Crippen MR) is 70.8 cm³/mol. The van der Waals surface area contributed by atoms with E-state index in [2.05, 4.69) is 27.7 Å². The molecule has 3 fully saturated rings. The van der Waals surface area contributed by atoms with Crippen molar-refractivity contribution in [1.82, 2.24) is 0 Å². The van der Waals surface area contributed by atoms with E-state index in [1.165, 1.54) is 32.1 Å². The first-order valence-electron chi connectivity index (χ1n) is 7.64. The Hall–Kier alpha value is -0.0400. The Balaban J connectivity index is 1.79. The maximum absolute atomic E-state index is 6.33. The first-order chi connectivity index (χ1) is 7.98. The Morgan fingerprint density at radius 3 is 2.35 bits per heavy atom. The van der Waals surface area contributed by atoms with E-state index in [9.17, 15) is 0 Å². The van der Waals surface area contributed by atoms with E-state index in [1.54, 1.807) is 0 Å². The van der Waals surface area contributed by atoms with Gasteiger partial charge in [-0.2, -0.15) is 0 Å². The zero-order chi connectivity index (χ0) is 12.2. The largest absolute Gasteiger partial charge is 0.375 e. The summed E-state index contributed by atoms with van der Waals surface area (Å²) in [6, 6.07) is 0. The van der Waals surface area contributed by atoms with E-state index in [-0.39, 0.29) is 0 Å². The van der Waals surface area contributed by atoms with Crippen LogP contribution in [0.3, 0.4) is 0 Å². The molecule has 0 amide bonds. The molecule has 1 nitrogen and oxygen atoms in total. The molecule has 1 heterocycles. The zero-order valence-electron chi connectivity index (χ0n) is 11.9. The molecule has 6 atom stereocenters. The zero-order valence-corrected chi connectivity index (χ0v) is 11.9. The molecule has 0 aromatic carbocycles. The molecule has 0 aromatic heterocycles. The summed E-state index contributed by atoms with van der Waals surface area (Å²) in [6.07, 6.45) is 8.05.